The van der Waals surface area contributed by atoms with Crippen LogP contribution in [0.5, 0.6) is 0 Å². The van der Waals surface area contributed by atoms with Crippen LogP contribution in [0.15, 0.2) is 60.8 Å². The molecule has 0 unspecified atom stereocenters. The molecule has 0 saturated heterocycles. The van der Waals surface area contributed by atoms with Crippen molar-refractivity contribution >= 4 is 23.0 Å². The number of anilines is 3. The highest BCUT2D eigenvalue weighted by atomic mass is 19.2. The molecule has 3 aromatic rings. The van der Waals surface area contributed by atoms with Gasteiger partial charge in [0.2, 0.25) is 0 Å². The average molecular weight is 371 g/mol. The van der Waals surface area contributed by atoms with Crippen LogP contribution in [-0.4, -0.2) is 17.4 Å². The Morgan fingerprint density at radius 3 is 2.33 bits per heavy atom. The Labute approximate surface area is 154 Å². The number of halogens is 3. The molecule has 0 aliphatic heterocycles. The molecule has 0 spiro atoms. The molecular formula is C20H16F3N3O. The number of nitrogens with one attached hydrogen (secondary N) is 1. The topological polar surface area (TPSA) is 45.2 Å². The van der Waals surface area contributed by atoms with E-state index in [0.29, 0.717) is 6.54 Å². The first kappa shape index (κ1) is 18.4. The average Bonchev–Trinajstić information content (AvgIpc) is 2.70. The summed E-state index contributed by atoms with van der Waals surface area (Å²) in [5.74, 6) is -5.15. The van der Waals surface area contributed by atoms with Crippen LogP contribution < -0.4 is 10.2 Å². The Morgan fingerprint density at radius 1 is 0.963 bits per heavy atom. The molecule has 0 fully saturated rings. The van der Waals surface area contributed by atoms with Crippen LogP contribution in [0.3, 0.4) is 0 Å². The van der Waals surface area contributed by atoms with E-state index in [0.717, 1.165) is 23.5 Å². The van der Waals surface area contributed by atoms with Crippen molar-refractivity contribution < 1.29 is 18.0 Å². The SMILES string of the molecule is CCN(c1ccccc1)c1ccc(C(=O)Nc2ccc(F)c(F)c2F)nc1. The molecule has 3 rings (SSSR count). The van der Waals surface area contributed by atoms with Crippen molar-refractivity contribution in [3.63, 3.8) is 0 Å². The fraction of sp³-hybridized carbons (Fsp3) is 0.100. The number of amides is 1. The van der Waals surface area contributed by atoms with Crippen LogP contribution >= 0.6 is 0 Å². The van der Waals surface area contributed by atoms with Crippen molar-refractivity contribution in [3.8, 4) is 0 Å². The smallest absolute Gasteiger partial charge is 0.274 e. The molecule has 4 nitrogen and oxygen atoms in total. The maximum Gasteiger partial charge on any atom is 0.274 e. The number of aromatic nitrogens is 1. The zero-order chi connectivity index (χ0) is 19.4. The molecule has 0 saturated carbocycles. The van der Waals surface area contributed by atoms with Crippen LogP contribution in [0.4, 0.5) is 30.2 Å². The highest BCUT2D eigenvalue weighted by Gasteiger charge is 2.17. The monoisotopic (exact) mass is 371 g/mol. The van der Waals surface area contributed by atoms with Gasteiger partial charge >= 0.3 is 0 Å². The number of hydrogen-bond donors (Lipinski definition) is 1. The normalized spacial score (nSPS) is 10.5. The van der Waals surface area contributed by atoms with Gasteiger partial charge in [0, 0.05) is 12.2 Å². The zero-order valence-electron chi connectivity index (χ0n) is 14.4. The lowest BCUT2D eigenvalue weighted by molar-refractivity contribution is 0.102. The fourth-order valence-electron chi connectivity index (χ4n) is 2.61. The van der Waals surface area contributed by atoms with E-state index in [1.165, 1.54) is 12.3 Å². The Kier molecular flexibility index (Phi) is 5.40. The van der Waals surface area contributed by atoms with E-state index in [9.17, 15) is 18.0 Å². The summed E-state index contributed by atoms with van der Waals surface area (Å²) in [4.78, 5) is 18.3. The third-order valence-corrected chi connectivity index (χ3v) is 3.96. The van der Waals surface area contributed by atoms with Gasteiger partial charge in [-0.05, 0) is 43.3 Å². The minimum Gasteiger partial charge on any atom is -0.341 e. The molecular weight excluding hydrogens is 355 g/mol. The van der Waals surface area contributed by atoms with Gasteiger partial charge < -0.3 is 10.2 Å². The largest absolute Gasteiger partial charge is 0.341 e. The number of para-hydroxylation sites is 1. The van der Waals surface area contributed by atoms with Crippen molar-refractivity contribution in [2.24, 2.45) is 0 Å². The van der Waals surface area contributed by atoms with Gasteiger partial charge in [-0.1, -0.05) is 18.2 Å². The van der Waals surface area contributed by atoms with E-state index in [4.69, 9.17) is 0 Å². The minimum absolute atomic E-state index is 0.0204. The van der Waals surface area contributed by atoms with Gasteiger partial charge in [-0.3, -0.25) is 4.79 Å². The van der Waals surface area contributed by atoms with E-state index < -0.39 is 29.0 Å². The van der Waals surface area contributed by atoms with Crippen molar-refractivity contribution in [3.05, 3.63) is 83.9 Å². The molecule has 1 heterocycles. The first-order valence-electron chi connectivity index (χ1n) is 8.24. The minimum atomic E-state index is -1.64. The van der Waals surface area contributed by atoms with Crippen molar-refractivity contribution in [2.45, 2.75) is 6.92 Å². The second kappa shape index (κ2) is 7.90. The van der Waals surface area contributed by atoms with Gasteiger partial charge in [0.15, 0.2) is 17.5 Å². The Balaban J connectivity index is 1.79. The second-order valence-electron chi connectivity index (χ2n) is 5.66. The molecule has 27 heavy (non-hydrogen) atoms. The summed E-state index contributed by atoms with van der Waals surface area (Å²) in [5.41, 5.74) is 1.32. The highest BCUT2D eigenvalue weighted by Crippen LogP contribution is 2.24. The molecule has 0 bridgehead atoms. The lowest BCUT2D eigenvalue weighted by Gasteiger charge is -2.22. The van der Waals surface area contributed by atoms with Crippen molar-refractivity contribution in [1.29, 1.82) is 0 Å². The van der Waals surface area contributed by atoms with Gasteiger partial charge in [0.05, 0.1) is 17.6 Å². The molecule has 0 aliphatic rings. The number of carbonyl (C=O) groups is 1. The van der Waals surface area contributed by atoms with Crippen LogP contribution in [0, 0.1) is 17.5 Å². The van der Waals surface area contributed by atoms with Gasteiger partial charge in [-0.2, -0.15) is 0 Å². The third kappa shape index (κ3) is 3.92. The van der Waals surface area contributed by atoms with Crippen LogP contribution in [-0.2, 0) is 0 Å². The summed E-state index contributed by atoms with van der Waals surface area (Å²) in [6.45, 7) is 2.68. The standard InChI is InChI=1S/C20H16F3N3O/c1-2-26(13-6-4-3-5-7-13)14-8-10-17(24-12-14)20(27)25-16-11-9-15(21)18(22)19(16)23/h3-12H,2H2,1H3,(H,25,27). The number of hydrogen-bond acceptors (Lipinski definition) is 3. The van der Waals surface area contributed by atoms with E-state index in [1.807, 2.05) is 42.2 Å². The zero-order valence-corrected chi connectivity index (χ0v) is 14.4. The van der Waals surface area contributed by atoms with E-state index in [-0.39, 0.29) is 5.69 Å². The maximum atomic E-state index is 13.7. The van der Waals surface area contributed by atoms with E-state index >= 15 is 0 Å². The second-order valence-corrected chi connectivity index (χ2v) is 5.66. The lowest BCUT2D eigenvalue weighted by Crippen LogP contribution is -2.18. The van der Waals surface area contributed by atoms with Gasteiger partial charge in [-0.15, -0.1) is 0 Å². The Bertz CT molecular complexity index is 947. The lowest BCUT2D eigenvalue weighted by atomic mass is 10.2. The molecule has 2 aromatic carbocycles. The highest BCUT2D eigenvalue weighted by molar-refractivity contribution is 6.03. The maximum absolute atomic E-state index is 13.7. The van der Waals surface area contributed by atoms with Crippen molar-refractivity contribution in [2.75, 3.05) is 16.8 Å². The molecule has 0 atom stereocenters. The Morgan fingerprint density at radius 2 is 1.70 bits per heavy atom. The first-order chi connectivity index (χ1) is 13.0. The fourth-order valence-corrected chi connectivity index (χ4v) is 2.61. The molecule has 138 valence electrons. The van der Waals surface area contributed by atoms with Crippen LogP contribution in [0.25, 0.3) is 0 Å². The number of nitrogens with zero attached hydrogens (tertiary/aromatic N) is 2. The molecule has 7 heteroatoms. The number of benzene rings is 2. The number of rotatable bonds is 5. The van der Waals surface area contributed by atoms with Crippen LogP contribution in [0.2, 0.25) is 0 Å². The van der Waals surface area contributed by atoms with Crippen LogP contribution in [0.1, 0.15) is 17.4 Å². The van der Waals surface area contributed by atoms with Gasteiger partial charge in [0.1, 0.15) is 5.69 Å². The molecule has 0 aliphatic carbocycles. The van der Waals surface area contributed by atoms with Crippen molar-refractivity contribution in [1.82, 2.24) is 4.98 Å². The van der Waals surface area contributed by atoms with E-state index in [2.05, 4.69) is 10.3 Å². The summed E-state index contributed by atoms with van der Waals surface area (Å²) < 4.78 is 39.9. The quantitative estimate of drug-likeness (QED) is 0.648. The predicted molar refractivity (Wildman–Crippen MR) is 97.6 cm³/mol. The molecule has 1 amide bonds. The van der Waals surface area contributed by atoms with Gasteiger partial charge in [-0.25, -0.2) is 18.2 Å². The number of carbonyl (C=O) groups excluding carboxylic acids is 1. The first-order valence-corrected chi connectivity index (χ1v) is 8.24. The molecule has 1 N–H and O–H groups in total. The molecule has 0 radical (unpaired) electrons. The summed E-state index contributed by atoms with van der Waals surface area (Å²) in [7, 11) is 0. The Hall–Kier alpha value is -3.35. The molecule has 1 aromatic heterocycles. The van der Waals surface area contributed by atoms with Gasteiger partial charge in [0.25, 0.3) is 5.91 Å². The summed E-state index contributed by atoms with van der Waals surface area (Å²) in [5, 5.41) is 2.19. The predicted octanol–water partition coefficient (Wildman–Crippen LogP) is 4.91. The summed E-state index contributed by atoms with van der Waals surface area (Å²) in [6.07, 6.45) is 1.52. The number of pyridine rings is 1. The van der Waals surface area contributed by atoms with E-state index in [1.54, 1.807) is 6.07 Å². The summed E-state index contributed by atoms with van der Waals surface area (Å²) >= 11 is 0. The third-order valence-electron chi connectivity index (χ3n) is 3.96. The summed E-state index contributed by atoms with van der Waals surface area (Å²) in [6, 6.07) is 14.5.